The Kier molecular flexibility index (Phi) is 5.37. The summed E-state index contributed by atoms with van der Waals surface area (Å²) in [6.07, 6.45) is 3.15. The Balaban J connectivity index is 1.76. The van der Waals surface area contributed by atoms with Crippen LogP contribution < -0.4 is 5.32 Å². The van der Waals surface area contributed by atoms with Crippen LogP contribution >= 0.6 is 0 Å². The number of aliphatic hydroxyl groups excluding tert-OH is 1. The lowest BCUT2D eigenvalue weighted by molar-refractivity contribution is 0.172. The van der Waals surface area contributed by atoms with Crippen LogP contribution in [0.4, 0.5) is 0 Å². The van der Waals surface area contributed by atoms with Gasteiger partial charge < -0.3 is 15.3 Å². The van der Waals surface area contributed by atoms with Crippen LogP contribution in [0, 0.1) is 0 Å². The molecular weight excluding hydrogens is 288 g/mol. The SMILES string of the molecule is CN(CCNCC(O)c1ccc(S(C)(=O)=O)cc1)C1CC1. The Morgan fingerprint density at radius 3 is 2.48 bits per heavy atom. The van der Waals surface area contributed by atoms with Crippen molar-refractivity contribution in [1.29, 1.82) is 0 Å². The van der Waals surface area contributed by atoms with Gasteiger partial charge in [-0.25, -0.2) is 8.42 Å². The summed E-state index contributed by atoms with van der Waals surface area (Å²) in [7, 11) is -1.06. The molecule has 1 aromatic carbocycles. The molecule has 1 saturated carbocycles. The summed E-state index contributed by atoms with van der Waals surface area (Å²) in [6.45, 7) is 2.28. The molecule has 1 unspecified atom stereocenters. The lowest BCUT2D eigenvalue weighted by Gasteiger charge is -2.17. The molecule has 0 saturated heterocycles. The van der Waals surface area contributed by atoms with Crippen LogP contribution in [0.1, 0.15) is 24.5 Å². The predicted molar refractivity (Wildman–Crippen MR) is 83.0 cm³/mol. The number of hydrogen-bond acceptors (Lipinski definition) is 5. The van der Waals surface area contributed by atoms with E-state index in [0.29, 0.717) is 6.54 Å². The first-order valence-corrected chi connectivity index (χ1v) is 9.16. The highest BCUT2D eigenvalue weighted by Crippen LogP contribution is 2.24. The van der Waals surface area contributed by atoms with E-state index in [0.717, 1.165) is 24.7 Å². The van der Waals surface area contributed by atoms with E-state index < -0.39 is 15.9 Å². The van der Waals surface area contributed by atoms with Gasteiger partial charge in [0.15, 0.2) is 9.84 Å². The molecule has 2 N–H and O–H groups in total. The number of aliphatic hydroxyl groups is 1. The maximum Gasteiger partial charge on any atom is 0.175 e. The van der Waals surface area contributed by atoms with Gasteiger partial charge in [0.25, 0.3) is 0 Å². The van der Waals surface area contributed by atoms with Gasteiger partial charge in [0, 0.05) is 31.9 Å². The Labute approximate surface area is 126 Å². The zero-order chi connectivity index (χ0) is 15.5. The Bertz CT molecular complexity index is 553. The van der Waals surface area contributed by atoms with E-state index in [1.165, 1.54) is 31.2 Å². The van der Waals surface area contributed by atoms with Crippen molar-refractivity contribution in [3.8, 4) is 0 Å². The molecule has 1 fully saturated rings. The van der Waals surface area contributed by atoms with Crippen LogP contribution in [0.3, 0.4) is 0 Å². The van der Waals surface area contributed by atoms with Gasteiger partial charge in [-0.3, -0.25) is 0 Å². The van der Waals surface area contributed by atoms with Crippen LogP contribution in [-0.2, 0) is 9.84 Å². The summed E-state index contributed by atoms with van der Waals surface area (Å²) in [5.41, 5.74) is 0.727. The standard InChI is InChI=1S/C15H24N2O3S/c1-17(13-5-6-13)10-9-16-11-15(18)12-3-7-14(8-4-12)21(2,19)20/h3-4,7-8,13,15-16,18H,5-6,9-11H2,1-2H3. The van der Waals surface area contributed by atoms with E-state index in [1.54, 1.807) is 12.1 Å². The smallest absolute Gasteiger partial charge is 0.175 e. The van der Waals surface area contributed by atoms with Crippen molar-refractivity contribution >= 4 is 9.84 Å². The monoisotopic (exact) mass is 312 g/mol. The predicted octanol–water partition coefficient (Wildman–Crippen LogP) is 0.807. The number of rotatable bonds is 8. The van der Waals surface area contributed by atoms with Crippen molar-refractivity contribution in [3.63, 3.8) is 0 Å². The Morgan fingerprint density at radius 2 is 1.95 bits per heavy atom. The molecule has 0 amide bonds. The fourth-order valence-corrected chi connectivity index (χ4v) is 2.88. The average molecular weight is 312 g/mol. The molecule has 0 aliphatic heterocycles. The number of hydrogen-bond donors (Lipinski definition) is 2. The molecule has 6 heteroatoms. The molecule has 0 heterocycles. The summed E-state index contributed by atoms with van der Waals surface area (Å²) in [5.74, 6) is 0. The van der Waals surface area contributed by atoms with Crippen molar-refractivity contribution < 1.29 is 13.5 Å². The fraction of sp³-hybridized carbons (Fsp3) is 0.600. The van der Waals surface area contributed by atoms with Crippen molar-refractivity contribution in [2.75, 3.05) is 32.9 Å². The first-order valence-electron chi connectivity index (χ1n) is 7.27. The molecule has 2 rings (SSSR count). The van der Waals surface area contributed by atoms with Crippen LogP contribution in [0.15, 0.2) is 29.2 Å². The Hall–Kier alpha value is -0.950. The first kappa shape index (κ1) is 16.4. The zero-order valence-electron chi connectivity index (χ0n) is 12.6. The largest absolute Gasteiger partial charge is 0.387 e. The molecule has 21 heavy (non-hydrogen) atoms. The first-order chi connectivity index (χ1) is 9.88. The van der Waals surface area contributed by atoms with Crippen molar-refractivity contribution in [2.45, 2.75) is 29.9 Å². The minimum Gasteiger partial charge on any atom is -0.387 e. The minimum atomic E-state index is -3.18. The van der Waals surface area contributed by atoms with E-state index in [2.05, 4.69) is 17.3 Å². The van der Waals surface area contributed by atoms with E-state index >= 15 is 0 Å². The molecule has 1 aliphatic rings. The highest BCUT2D eigenvalue weighted by Gasteiger charge is 2.25. The van der Waals surface area contributed by atoms with Gasteiger partial charge in [-0.1, -0.05) is 12.1 Å². The maximum atomic E-state index is 11.4. The zero-order valence-corrected chi connectivity index (χ0v) is 13.4. The van der Waals surface area contributed by atoms with Gasteiger partial charge in [0.2, 0.25) is 0 Å². The van der Waals surface area contributed by atoms with Crippen LogP contribution in [-0.4, -0.2) is 57.4 Å². The third-order valence-corrected chi connectivity index (χ3v) is 4.97. The highest BCUT2D eigenvalue weighted by atomic mass is 32.2. The summed E-state index contributed by atoms with van der Waals surface area (Å²) in [6, 6.07) is 7.15. The second-order valence-electron chi connectivity index (χ2n) is 5.77. The van der Waals surface area contributed by atoms with E-state index in [-0.39, 0.29) is 4.90 Å². The number of sulfone groups is 1. The van der Waals surface area contributed by atoms with Crippen LogP contribution in [0.2, 0.25) is 0 Å². The summed E-state index contributed by atoms with van der Waals surface area (Å²) in [4.78, 5) is 2.61. The lowest BCUT2D eigenvalue weighted by atomic mass is 10.1. The highest BCUT2D eigenvalue weighted by molar-refractivity contribution is 7.90. The molecule has 1 atom stereocenters. The van der Waals surface area contributed by atoms with Gasteiger partial charge in [-0.05, 0) is 37.6 Å². The van der Waals surface area contributed by atoms with Gasteiger partial charge in [0.05, 0.1) is 11.0 Å². The second kappa shape index (κ2) is 6.87. The quantitative estimate of drug-likeness (QED) is 0.695. The van der Waals surface area contributed by atoms with Gasteiger partial charge in [0.1, 0.15) is 0 Å². The molecule has 1 aromatic rings. The molecule has 5 nitrogen and oxygen atoms in total. The molecular formula is C15H24N2O3S. The van der Waals surface area contributed by atoms with E-state index in [1.807, 2.05) is 0 Å². The molecule has 0 bridgehead atoms. The van der Waals surface area contributed by atoms with Gasteiger partial charge in [-0.15, -0.1) is 0 Å². The van der Waals surface area contributed by atoms with E-state index in [9.17, 15) is 13.5 Å². The Morgan fingerprint density at radius 1 is 1.33 bits per heavy atom. The van der Waals surface area contributed by atoms with Crippen LogP contribution in [0.25, 0.3) is 0 Å². The number of benzene rings is 1. The van der Waals surface area contributed by atoms with Crippen molar-refractivity contribution in [3.05, 3.63) is 29.8 Å². The number of nitrogens with one attached hydrogen (secondary N) is 1. The average Bonchev–Trinajstić information content (AvgIpc) is 3.27. The number of likely N-dealkylation sites (N-methyl/N-ethyl adjacent to an activating group) is 1. The van der Waals surface area contributed by atoms with Gasteiger partial charge >= 0.3 is 0 Å². The molecule has 118 valence electrons. The molecule has 0 spiro atoms. The van der Waals surface area contributed by atoms with Crippen molar-refractivity contribution in [2.24, 2.45) is 0 Å². The molecule has 0 aromatic heterocycles. The molecule has 1 aliphatic carbocycles. The maximum absolute atomic E-state index is 11.4. The number of nitrogens with zero attached hydrogens (tertiary/aromatic N) is 1. The van der Waals surface area contributed by atoms with E-state index in [4.69, 9.17) is 0 Å². The van der Waals surface area contributed by atoms with Crippen molar-refractivity contribution in [1.82, 2.24) is 10.2 Å². The van der Waals surface area contributed by atoms with Gasteiger partial charge in [-0.2, -0.15) is 0 Å². The summed E-state index contributed by atoms with van der Waals surface area (Å²) >= 11 is 0. The summed E-state index contributed by atoms with van der Waals surface area (Å²) in [5, 5.41) is 13.3. The minimum absolute atomic E-state index is 0.275. The normalized spacial score (nSPS) is 17.1. The third-order valence-electron chi connectivity index (χ3n) is 3.84. The molecule has 0 radical (unpaired) electrons. The topological polar surface area (TPSA) is 69.6 Å². The summed E-state index contributed by atoms with van der Waals surface area (Å²) < 4.78 is 22.7. The van der Waals surface area contributed by atoms with Crippen LogP contribution in [0.5, 0.6) is 0 Å². The lowest BCUT2D eigenvalue weighted by Crippen LogP contribution is -2.32. The third kappa shape index (κ3) is 5.07. The second-order valence-corrected chi connectivity index (χ2v) is 7.79. The fourth-order valence-electron chi connectivity index (χ4n) is 2.25.